The van der Waals surface area contributed by atoms with Gasteiger partial charge in [-0.25, -0.2) is 8.42 Å². The van der Waals surface area contributed by atoms with Crippen LogP contribution in [0.1, 0.15) is 45.4 Å². The molecule has 0 amide bonds. The van der Waals surface area contributed by atoms with Crippen LogP contribution in [-0.2, 0) is 14.6 Å². The van der Waals surface area contributed by atoms with Crippen LogP contribution >= 0.6 is 0 Å². The number of hydrogen-bond donors (Lipinski definition) is 1. The summed E-state index contributed by atoms with van der Waals surface area (Å²) in [6.07, 6.45) is 4.84. The van der Waals surface area contributed by atoms with Crippen molar-refractivity contribution in [1.82, 2.24) is 0 Å². The van der Waals surface area contributed by atoms with Crippen molar-refractivity contribution in [3.05, 3.63) is 0 Å². The second kappa shape index (κ2) is 7.24. The Morgan fingerprint density at radius 2 is 1.83 bits per heavy atom. The van der Waals surface area contributed by atoms with Crippen LogP contribution in [-0.4, -0.2) is 32.3 Å². The Labute approximate surface area is 110 Å². The molecule has 0 aliphatic heterocycles. The Hall–Kier alpha value is -0.420. The molecule has 4 nitrogen and oxygen atoms in total. The molecule has 0 heterocycles. The van der Waals surface area contributed by atoms with Crippen molar-refractivity contribution in [2.75, 3.05) is 18.1 Å². The van der Waals surface area contributed by atoms with Crippen LogP contribution in [0.5, 0.6) is 0 Å². The van der Waals surface area contributed by atoms with Gasteiger partial charge in [0, 0.05) is 18.1 Å². The lowest BCUT2D eigenvalue weighted by molar-refractivity contribution is -0.124. The fourth-order valence-electron chi connectivity index (χ4n) is 2.53. The zero-order chi connectivity index (χ0) is 13.6. The van der Waals surface area contributed by atoms with E-state index in [9.17, 15) is 13.2 Å². The molecule has 0 atom stereocenters. The average Bonchev–Trinajstić information content (AvgIpc) is 2.38. The van der Waals surface area contributed by atoms with Gasteiger partial charge < -0.3 is 5.73 Å². The van der Waals surface area contributed by atoms with Gasteiger partial charge >= 0.3 is 0 Å². The Balaban J connectivity index is 2.26. The van der Waals surface area contributed by atoms with E-state index in [1.54, 1.807) is 6.92 Å². The van der Waals surface area contributed by atoms with E-state index in [4.69, 9.17) is 5.73 Å². The van der Waals surface area contributed by atoms with Gasteiger partial charge in [-0.05, 0) is 44.6 Å². The van der Waals surface area contributed by atoms with Crippen molar-refractivity contribution in [1.29, 1.82) is 0 Å². The molecule has 1 aliphatic rings. The molecule has 0 unspecified atom stereocenters. The largest absolute Gasteiger partial charge is 0.330 e. The first kappa shape index (κ1) is 15.6. The quantitative estimate of drug-likeness (QED) is 0.764. The van der Waals surface area contributed by atoms with Gasteiger partial charge in [-0.2, -0.15) is 0 Å². The summed E-state index contributed by atoms with van der Waals surface area (Å²) in [4.78, 5) is 11.9. The maximum atomic E-state index is 11.9. The van der Waals surface area contributed by atoms with Crippen molar-refractivity contribution in [2.24, 2.45) is 17.6 Å². The third kappa shape index (κ3) is 5.06. The lowest BCUT2D eigenvalue weighted by atomic mass is 9.79. The Morgan fingerprint density at radius 3 is 2.33 bits per heavy atom. The second-order valence-electron chi connectivity index (χ2n) is 5.26. The minimum absolute atomic E-state index is 0.146. The number of carbonyl (C=O) groups is 1. The third-order valence-electron chi connectivity index (χ3n) is 3.95. The summed E-state index contributed by atoms with van der Waals surface area (Å²) in [5.74, 6) is 1.29. The summed E-state index contributed by atoms with van der Waals surface area (Å²) in [6, 6.07) is 0. The first-order valence-corrected chi connectivity index (χ1v) is 8.74. The van der Waals surface area contributed by atoms with E-state index in [1.807, 2.05) is 0 Å². The summed E-state index contributed by atoms with van der Waals surface area (Å²) in [6.45, 7) is 2.36. The summed E-state index contributed by atoms with van der Waals surface area (Å²) < 4.78 is 22.6. The molecule has 0 radical (unpaired) electrons. The lowest BCUT2D eigenvalue weighted by Gasteiger charge is -2.26. The van der Waals surface area contributed by atoms with Gasteiger partial charge in [0.25, 0.3) is 0 Å². The molecule has 1 saturated carbocycles. The van der Waals surface area contributed by atoms with Gasteiger partial charge in [0.2, 0.25) is 0 Å². The Kier molecular flexibility index (Phi) is 6.29. The van der Waals surface area contributed by atoms with Gasteiger partial charge in [0.1, 0.15) is 15.6 Å². The molecule has 2 N–H and O–H groups in total. The summed E-state index contributed by atoms with van der Waals surface area (Å²) >= 11 is 0. The van der Waals surface area contributed by atoms with Crippen LogP contribution in [0.15, 0.2) is 0 Å². The topological polar surface area (TPSA) is 77.2 Å². The van der Waals surface area contributed by atoms with Crippen LogP contribution in [0.25, 0.3) is 0 Å². The first-order valence-electron chi connectivity index (χ1n) is 6.91. The van der Waals surface area contributed by atoms with E-state index >= 15 is 0 Å². The van der Waals surface area contributed by atoms with Crippen molar-refractivity contribution in [3.8, 4) is 0 Å². The van der Waals surface area contributed by atoms with Crippen LogP contribution in [0, 0.1) is 11.8 Å². The van der Waals surface area contributed by atoms with Gasteiger partial charge in [0.05, 0.1) is 5.75 Å². The van der Waals surface area contributed by atoms with Crippen LogP contribution in [0.4, 0.5) is 0 Å². The zero-order valence-electron chi connectivity index (χ0n) is 11.2. The van der Waals surface area contributed by atoms with E-state index in [0.29, 0.717) is 18.8 Å². The number of carbonyl (C=O) groups excluding carboxylic acids is 1. The summed E-state index contributed by atoms with van der Waals surface area (Å²) in [5, 5.41) is 0. The molecular weight excluding hydrogens is 250 g/mol. The summed E-state index contributed by atoms with van der Waals surface area (Å²) in [5.41, 5.74) is 5.62. The monoisotopic (exact) mass is 275 g/mol. The normalized spacial score (nSPS) is 25.0. The lowest BCUT2D eigenvalue weighted by Crippen LogP contribution is -2.26. The molecule has 106 valence electrons. The Bertz CT molecular complexity index is 356. The molecule has 1 rings (SSSR count). The van der Waals surface area contributed by atoms with Crippen LogP contribution in [0.3, 0.4) is 0 Å². The average molecular weight is 275 g/mol. The van der Waals surface area contributed by atoms with E-state index in [0.717, 1.165) is 32.2 Å². The molecule has 1 fully saturated rings. The highest BCUT2D eigenvalue weighted by Crippen LogP contribution is 2.29. The van der Waals surface area contributed by atoms with Crippen LogP contribution in [0.2, 0.25) is 0 Å². The minimum atomic E-state index is -2.93. The maximum Gasteiger partial charge on any atom is 0.150 e. The van der Waals surface area contributed by atoms with E-state index in [-0.39, 0.29) is 23.2 Å². The Morgan fingerprint density at radius 1 is 1.22 bits per heavy atom. The highest BCUT2D eigenvalue weighted by molar-refractivity contribution is 7.91. The molecule has 18 heavy (non-hydrogen) atoms. The molecular formula is C13H25NO3S. The molecule has 0 bridgehead atoms. The molecule has 0 aromatic rings. The fraction of sp³-hybridized carbons (Fsp3) is 0.923. The van der Waals surface area contributed by atoms with Gasteiger partial charge in [0.15, 0.2) is 0 Å². The van der Waals surface area contributed by atoms with Crippen molar-refractivity contribution in [3.63, 3.8) is 0 Å². The van der Waals surface area contributed by atoms with E-state index in [2.05, 4.69) is 0 Å². The van der Waals surface area contributed by atoms with Crippen molar-refractivity contribution < 1.29 is 13.2 Å². The SMILES string of the molecule is CCS(=O)(=O)CCCC(=O)C1CCC(CN)CC1. The smallest absolute Gasteiger partial charge is 0.150 e. The minimum Gasteiger partial charge on any atom is -0.330 e. The third-order valence-corrected chi connectivity index (χ3v) is 5.74. The number of sulfone groups is 1. The number of nitrogens with two attached hydrogens (primary N) is 1. The standard InChI is InChI=1S/C13H25NO3S/c1-2-18(16,17)9-3-4-13(15)12-7-5-11(10-14)6-8-12/h11-12H,2-10,14H2,1H3. The predicted octanol–water partition coefficient (Wildman–Crippen LogP) is 1.54. The zero-order valence-corrected chi connectivity index (χ0v) is 12.0. The number of rotatable bonds is 7. The molecule has 0 saturated heterocycles. The number of hydrogen-bond acceptors (Lipinski definition) is 4. The van der Waals surface area contributed by atoms with Crippen LogP contribution < -0.4 is 5.73 Å². The highest BCUT2D eigenvalue weighted by atomic mass is 32.2. The summed E-state index contributed by atoms with van der Waals surface area (Å²) in [7, 11) is -2.93. The second-order valence-corrected chi connectivity index (χ2v) is 7.73. The van der Waals surface area contributed by atoms with Gasteiger partial charge in [-0.1, -0.05) is 6.92 Å². The maximum absolute atomic E-state index is 11.9. The molecule has 0 aromatic carbocycles. The molecule has 0 spiro atoms. The molecule has 0 aromatic heterocycles. The van der Waals surface area contributed by atoms with Crippen molar-refractivity contribution in [2.45, 2.75) is 45.4 Å². The van der Waals surface area contributed by atoms with E-state index in [1.165, 1.54) is 0 Å². The fourth-order valence-corrected chi connectivity index (χ4v) is 3.41. The first-order chi connectivity index (χ1) is 8.48. The van der Waals surface area contributed by atoms with Gasteiger partial charge in [-0.15, -0.1) is 0 Å². The number of Topliss-reactive ketones (excluding diaryl/α,β-unsaturated/α-hetero) is 1. The van der Waals surface area contributed by atoms with Gasteiger partial charge in [-0.3, -0.25) is 4.79 Å². The predicted molar refractivity (Wildman–Crippen MR) is 73.1 cm³/mol. The highest BCUT2D eigenvalue weighted by Gasteiger charge is 2.25. The van der Waals surface area contributed by atoms with E-state index < -0.39 is 9.84 Å². The number of ketones is 1. The molecule has 5 heteroatoms. The molecule has 1 aliphatic carbocycles. The van der Waals surface area contributed by atoms with Crippen molar-refractivity contribution >= 4 is 15.6 Å².